The van der Waals surface area contributed by atoms with Crippen LogP contribution >= 0.6 is 11.6 Å². The van der Waals surface area contributed by atoms with Crippen LogP contribution in [0, 0.1) is 11.6 Å². The number of amides is 1. The summed E-state index contributed by atoms with van der Waals surface area (Å²) >= 11 is 6.15. The number of carbonyl (C=O) groups is 1. The molecule has 0 fully saturated rings. The summed E-state index contributed by atoms with van der Waals surface area (Å²) in [5.74, 6) is -1.56. The molecule has 10 heteroatoms. The topological polar surface area (TPSA) is 76.5 Å². The van der Waals surface area contributed by atoms with Crippen LogP contribution in [0.4, 0.5) is 8.78 Å². The molecule has 1 aliphatic rings. The molecule has 7 nitrogen and oxygen atoms in total. The van der Waals surface area contributed by atoms with Gasteiger partial charge >= 0.3 is 0 Å². The lowest BCUT2D eigenvalue weighted by molar-refractivity contribution is -0.130. The van der Waals surface area contributed by atoms with E-state index in [2.05, 4.69) is 10.3 Å². The van der Waals surface area contributed by atoms with E-state index in [0.29, 0.717) is 13.1 Å². The Labute approximate surface area is 193 Å². The van der Waals surface area contributed by atoms with Crippen LogP contribution in [0.2, 0.25) is 5.02 Å². The van der Waals surface area contributed by atoms with E-state index in [-0.39, 0.29) is 42.1 Å². The molecule has 1 N–H and O–H groups in total. The lowest BCUT2D eigenvalue weighted by Gasteiger charge is -2.14. The molecule has 0 atom stereocenters. The molecule has 0 radical (unpaired) electrons. The van der Waals surface area contributed by atoms with Crippen LogP contribution in [0.5, 0.6) is 5.88 Å². The molecule has 0 aliphatic carbocycles. The zero-order valence-corrected chi connectivity index (χ0v) is 18.5. The molecule has 33 heavy (non-hydrogen) atoms. The monoisotopic (exact) mass is 474 g/mol. The molecule has 2 aromatic carbocycles. The highest BCUT2D eigenvalue weighted by molar-refractivity contribution is 6.31. The summed E-state index contributed by atoms with van der Waals surface area (Å²) in [7, 11) is 1.73. The van der Waals surface area contributed by atoms with Gasteiger partial charge in [-0.1, -0.05) is 29.8 Å². The van der Waals surface area contributed by atoms with Crippen LogP contribution in [-0.2, 0) is 31.0 Å². The first kappa shape index (κ1) is 22.9. The molecule has 172 valence electrons. The minimum absolute atomic E-state index is 0.0264. The minimum Gasteiger partial charge on any atom is -0.471 e. The van der Waals surface area contributed by atoms with E-state index in [1.54, 1.807) is 11.9 Å². The summed E-state index contributed by atoms with van der Waals surface area (Å²) in [6.45, 7) is 1.34. The van der Waals surface area contributed by atoms with Gasteiger partial charge in [0.1, 0.15) is 24.6 Å². The van der Waals surface area contributed by atoms with Gasteiger partial charge in [0.05, 0.1) is 13.1 Å². The zero-order valence-electron chi connectivity index (χ0n) is 17.8. The van der Waals surface area contributed by atoms with Gasteiger partial charge in [-0.25, -0.2) is 13.8 Å². The Hall–Kier alpha value is -3.30. The fourth-order valence-electron chi connectivity index (χ4n) is 3.63. The number of hydrogen-bond acceptors (Lipinski definition) is 5. The van der Waals surface area contributed by atoms with Crippen molar-refractivity contribution < 1.29 is 18.3 Å². The van der Waals surface area contributed by atoms with Crippen molar-refractivity contribution in [3.05, 3.63) is 92.0 Å². The van der Waals surface area contributed by atoms with Gasteiger partial charge in [-0.15, -0.1) is 0 Å². The fraction of sp³-hybridized carbons (Fsp3) is 0.261. The smallest absolute Gasteiger partial charge is 0.276 e. The number of fused-ring (bicyclic) bond motifs is 1. The van der Waals surface area contributed by atoms with E-state index in [4.69, 9.17) is 16.3 Å². The molecule has 1 aromatic heterocycles. The predicted octanol–water partition coefficient (Wildman–Crippen LogP) is 2.86. The largest absolute Gasteiger partial charge is 0.471 e. The summed E-state index contributed by atoms with van der Waals surface area (Å²) in [6.07, 6.45) is 1.31. The van der Waals surface area contributed by atoms with Crippen LogP contribution in [0.25, 0.3) is 0 Å². The molecule has 0 saturated heterocycles. The Kier molecular flexibility index (Phi) is 6.71. The second kappa shape index (κ2) is 9.68. The van der Waals surface area contributed by atoms with Crippen molar-refractivity contribution in [2.75, 3.05) is 13.6 Å². The van der Waals surface area contributed by atoms with Crippen LogP contribution in [-0.4, -0.2) is 34.0 Å². The first-order chi connectivity index (χ1) is 15.9. The fourth-order valence-corrected chi connectivity index (χ4v) is 3.84. The third-order valence-electron chi connectivity index (χ3n) is 5.36. The summed E-state index contributed by atoms with van der Waals surface area (Å²) in [6, 6.07) is 8.92. The van der Waals surface area contributed by atoms with E-state index in [9.17, 15) is 18.4 Å². The molecule has 0 unspecified atom stereocenters. The number of rotatable bonds is 7. The molecule has 1 aliphatic heterocycles. The SMILES string of the molecule is CNCC(=O)N1Cc2ccc(Cn3cnc(OCc4ccc(F)cc4F)c(Cl)c3=O)cc2C1. The zero-order chi connectivity index (χ0) is 23.5. The Bertz CT molecular complexity index is 1260. The summed E-state index contributed by atoms with van der Waals surface area (Å²) in [5, 5.41) is 2.63. The number of likely N-dealkylation sites (N-methyl/N-ethyl adjacent to an activating group) is 1. The molecule has 0 spiro atoms. The maximum atomic E-state index is 13.8. The van der Waals surface area contributed by atoms with Gasteiger partial charge in [0.25, 0.3) is 5.56 Å². The van der Waals surface area contributed by atoms with Gasteiger partial charge in [0.2, 0.25) is 11.8 Å². The van der Waals surface area contributed by atoms with Gasteiger partial charge in [-0.2, -0.15) is 0 Å². The van der Waals surface area contributed by atoms with Crippen molar-refractivity contribution in [3.63, 3.8) is 0 Å². The molecule has 0 saturated carbocycles. The molecular weight excluding hydrogens is 454 g/mol. The van der Waals surface area contributed by atoms with Gasteiger partial charge < -0.3 is 15.0 Å². The molecular formula is C23H21ClF2N4O3. The molecule has 0 bridgehead atoms. The summed E-state index contributed by atoms with van der Waals surface area (Å²) in [4.78, 5) is 30.7. The predicted molar refractivity (Wildman–Crippen MR) is 118 cm³/mol. The van der Waals surface area contributed by atoms with Gasteiger partial charge in [-0.3, -0.25) is 14.2 Å². The second-order valence-electron chi connectivity index (χ2n) is 7.70. The number of ether oxygens (including phenoxy) is 1. The number of carbonyl (C=O) groups excluding carboxylic acids is 1. The minimum atomic E-state index is -0.762. The van der Waals surface area contributed by atoms with Crippen molar-refractivity contribution in [2.45, 2.75) is 26.2 Å². The van der Waals surface area contributed by atoms with Crippen molar-refractivity contribution >= 4 is 17.5 Å². The normalized spacial score (nSPS) is 12.7. The number of nitrogens with one attached hydrogen (secondary N) is 1. The Morgan fingerprint density at radius 1 is 1.18 bits per heavy atom. The van der Waals surface area contributed by atoms with Crippen molar-refractivity contribution in [1.29, 1.82) is 0 Å². The first-order valence-corrected chi connectivity index (χ1v) is 10.6. The standard InChI is InChI=1S/C23H21ClF2N4O3/c1-27-8-20(31)29-10-15-3-2-14(6-17(15)11-29)9-30-13-28-22(21(24)23(30)32)33-12-16-4-5-18(25)7-19(16)26/h2-7,13,27H,8-12H2,1H3. The number of halogens is 3. The first-order valence-electron chi connectivity index (χ1n) is 10.2. The molecule has 4 rings (SSSR count). The van der Waals surface area contributed by atoms with E-state index < -0.39 is 17.2 Å². The summed E-state index contributed by atoms with van der Waals surface area (Å²) in [5.41, 5.74) is 2.57. The maximum Gasteiger partial charge on any atom is 0.276 e. The third-order valence-corrected chi connectivity index (χ3v) is 5.68. The maximum absolute atomic E-state index is 13.8. The number of benzene rings is 2. The Balaban J connectivity index is 1.46. The quantitative estimate of drug-likeness (QED) is 0.570. The van der Waals surface area contributed by atoms with Crippen molar-refractivity contribution in [1.82, 2.24) is 19.8 Å². The highest BCUT2D eigenvalue weighted by Gasteiger charge is 2.23. The molecule has 1 amide bonds. The van der Waals surface area contributed by atoms with E-state index in [0.717, 1.165) is 28.8 Å². The number of aromatic nitrogens is 2. The molecule has 3 aromatic rings. The van der Waals surface area contributed by atoms with E-state index in [1.807, 2.05) is 18.2 Å². The van der Waals surface area contributed by atoms with Crippen molar-refractivity contribution in [2.24, 2.45) is 0 Å². The number of nitrogens with zero attached hydrogens (tertiary/aromatic N) is 3. The van der Waals surface area contributed by atoms with Gasteiger partial charge in [-0.05, 0) is 35.9 Å². The highest BCUT2D eigenvalue weighted by atomic mass is 35.5. The number of hydrogen-bond donors (Lipinski definition) is 1. The molecule has 2 heterocycles. The van der Waals surface area contributed by atoms with E-state index >= 15 is 0 Å². The Morgan fingerprint density at radius 2 is 1.97 bits per heavy atom. The van der Waals surface area contributed by atoms with Crippen LogP contribution in [0.15, 0.2) is 47.5 Å². The summed E-state index contributed by atoms with van der Waals surface area (Å²) < 4.78 is 33.5. The van der Waals surface area contributed by atoms with Crippen LogP contribution in [0.3, 0.4) is 0 Å². The van der Waals surface area contributed by atoms with E-state index in [1.165, 1.54) is 17.0 Å². The lowest BCUT2D eigenvalue weighted by Crippen LogP contribution is -2.33. The van der Waals surface area contributed by atoms with Crippen LogP contribution < -0.4 is 15.6 Å². The lowest BCUT2D eigenvalue weighted by atomic mass is 10.1. The highest BCUT2D eigenvalue weighted by Crippen LogP contribution is 2.25. The average Bonchev–Trinajstić information content (AvgIpc) is 3.21. The Morgan fingerprint density at radius 3 is 2.73 bits per heavy atom. The second-order valence-corrected chi connectivity index (χ2v) is 8.08. The average molecular weight is 475 g/mol. The van der Waals surface area contributed by atoms with Gasteiger partial charge in [0.15, 0.2) is 5.02 Å². The van der Waals surface area contributed by atoms with Crippen molar-refractivity contribution in [3.8, 4) is 5.88 Å². The third kappa shape index (κ3) is 5.04. The van der Waals surface area contributed by atoms with Crippen LogP contribution in [0.1, 0.15) is 22.3 Å². The van der Waals surface area contributed by atoms with Gasteiger partial charge in [0, 0.05) is 24.7 Å².